The summed E-state index contributed by atoms with van der Waals surface area (Å²) in [6, 6.07) is 6.20. The summed E-state index contributed by atoms with van der Waals surface area (Å²) in [6.45, 7) is 3.28. The van der Waals surface area contributed by atoms with Gasteiger partial charge < -0.3 is 14.7 Å². The standard InChI is InChI=1S/C18H25FN2O3/c19-14-3-1-4-15(13-14)24-12-7-18(23)21-10-8-20(9-11-21)16-5-2-6-17(16)22/h1,3-4,13,16-17,22H,2,5-12H2/t16-,17-/m0/s1. The van der Waals surface area contributed by atoms with Gasteiger partial charge in [-0.1, -0.05) is 6.07 Å². The third-order valence-corrected chi connectivity index (χ3v) is 4.96. The Hall–Kier alpha value is -1.66. The largest absolute Gasteiger partial charge is 0.493 e. The van der Waals surface area contributed by atoms with E-state index < -0.39 is 0 Å². The van der Waals surface area contributed by atoms with Gasteiger partial charge >= 0.3 is 0 Å². The Morgan fingerprint density at radius 1 is 1.25 bits per heavy atom. The minimum atomic E-state index is -0.343. The normalized spacial score (nSPS) is 25.0. The fraction of sp³-hybridized carbons (Fsp3) is 0.611. The van der Waals surface area contributed by atoms with Crippen LogP contribution in [0.2, 0.25) is 0 Å². The first kappa shape index (κ1) is 17.2. The van der Waals surface area contributed by atoms with Gasteiger partial charge in [0, 0.05) is 38.3 Å². The number of rotatable bonds is 5. The van der Waals surface area contributed by atoms with Crippen LogP contribution in [0.4, 0.5) is 4.39 Å². The van der Waals surface area contributed by atoms with Gasteiger partial charge in [0.2, 0.25) is 5.91 Å². The summed E-state index contributed by atoms with van der Waals surface area (Å²) in [7, 11) is 0. The zero-order chi connectivity index (χ0) is 16.9. The SMILES string of the molecule is O=C(CCOc1cccc(F)c1)N1CCN([C@H]2CCC[C@@H]2O)CC1. The number of benzene rings is 1. The lowest BCUT2D eigenvalue weighted by atomic mass is 10.1. The molecule has 1 saturated carbocycles. The molecule has 2 aliphatic rings. The highest BCUT2D eigenvalue weighted by molar-refractivity contribution is 5.76. The zero-order valence-corrected chi connectivity index (χ0v) is 13.9. The number of hydrogen-bond donors (Lipinski definition) is 1. The molecule has 0 unspecified atom stereocenters. The van der Waals surface area contributed by atoms with Crippen molar-refractivity contribution >= 4 is 5.91 Å². The summed E-state index contributed by atoms with van der Waals surface area (Å²) in [5, 5.41) is 9.99. The van der Waals surface area contributed by atoms with Gasteiger partial charge in [-0.3, -0.25) is 9.69 Å². The molecule has 0 radical (unpaired) electrons. The summed E-state index contributed by atoms with van der Waals surface area (Å²) < 4.78 is 18.5. The molecule has 1 heterocycles. The van der Waals surface area contributed by atoms with Crippen molar-refractivity contribution in [3.8, 4) is 5.75 Å². The van der Waals surface area contributed by atoms with Crippen molar-refractivity contribution in [2.45, 2.75) is 37.8 Å². The molecular formula is C18H25FN2O3. The Bertz CT molecular complexity index is 561. The van der Waals surface area contributed by atoms with E-state index in [1.54, 1.807) is 12.1 Å². The van der Waals surface area contributed by atoms with Crippen molar-refractivity contribution in [2.75, 3.05) is 32.8 Å². The molecule has 3 rings (SSSR count). The van der Waals surface area contributed by atoms with Gasteiger partial charge in [-0.2, -0.15) is 0 Å². The molecule has 1 N–H and O–H groups in total. The van der Waals surface area contributed by atoms with E-state index in [1.807, 2.05) is 4.90 Å². The lowest BCUT2D eigenvalue weighted by molar-refractivity contribution is -0.134. The van der Waals surface area contributed by atoms with Crippen LogP contribution in [0.3, 0.4) is 0 Å². The first-order chi connectivity index (χ1) is 11.6. The second-order valence-electron chi connectivity index (χ2n) is 6.54. The van der Waals surface area contributed by atoms with Gasteiger partial charge in [0.15, 0.2) is 0 Å². The lowest BCUT2D eigenvalue weighted by Crippen LogP contribution is -2.53. The van der Waals surface area contributed by atoms with Crippen molar-refractivity contribution in [3.63, 3.8) is 0 Å². The predicted octanol–water partition coefficient (Wildman–Crippen LogP) is 1.65. The molecule has 1 aromatic carbocycles. The van der Waals surface area contributed by atoms with Crippen molar-refractivity contribution in [2.24, 2.45) is 0 Å². The molecule has 1 aliphatic carbocycles. The van der Waals surface area contributed by atoms with Crippen LogP contribution < -0.4 is 4.74 Å². The molecule has 2 atom stereocenters. The monoisotopic (exact) mass is 336 g/mol. The maximum Gasteiger partial charge on any atom is 0.226 e. The Balaban J connectivity index is 1.39. The summed E-state index contributed by atoms with van der Waals surface area (Å²) >= 11 is 0. The minimum Gasteiger partial charge on any atom is -0.493 e. The van der Waals surface area contributed by atoms with Crippen LogP contribution >= 0.6 is 0 Å². The van der Waals surface area contributed by atoms with Crippen LogP contribution in [-0.4, -0.2) is 65.7 Å². The number of aliphatic hydroxyl groups is 1. The van der Waals surface area contributed by atoms with Crippen LogP contribution in [0.1, 0.15) is 25.7 Å². The molecule has 132 valence electrons. The average molecular weight is 336 g/mol. The number of piperazine rings is 1. The first-order valence-corrected chi connectivity index (χ1v) is 8.72. The molecule has 0 bridgehead atoms. The molecular weight excluding hydrogens is 311 g/mol. The number of carbonyl (C=O) groups excluding carboxylic acids is 1. The van der Waals surface area contributed by atoms with Crippen molar-refractivity contribution in [1.29, 1.82) is 0 Å². The van der Waals surface area contributed by atoms with Crippen LogP contribution in [0.25, 0.3) is 0 Å². The second kappa shape index (κ2) is 7.94. The van der Waals surface area contributed by atoms with Gasteiger partial charge in [0.25, 0.3) is 0 Å². The third-order valence-electron chi connectivity index (χ3n) is 4.96. The smallest absolute Gasteiger partial charge is 0.226 e. The molecule has 1 aliphatic heterocycles. The Morgan fingerprint density at radius 2 is 2.04 bits per heavy atom. The van der Waals surface area contributed by atoms with E-state index in [1.165, 1.54) is 12.1 Å². The molecule has 0 aromatic heterocycles. The molecule has 24 heavy (non-hydrogen) atoms. The molecule has 5 nitrogen and oxygen atoms in total. The zero-order valence-electron chi connectivity index (χ0n) is 13.9. The lowest BCUT2D eigenvalue weighted by Gasteiger charge is -2.39. The van der Waals surface area contributed by atoms with Gasteiger partial charge in [0.05, 0.1) is 19.1 Å². The number of aliphatic hydroxyl groups excluding tert-OH is 1. The van der Waals surface area contributed by atoms with E-state index >= 15 is 0 Å². The highest BCUT2D eigenvalue weighted by atomic mass is 19.1. The van der Waals surface area contributed by atoms with Crippen LogP contribution in [0.15, 0.2) is 24.3 Å². The fourth-order valence-electron chi connectivity index (χ4n) is 3.62. The van der Waals surface area contributed by atoms with Crippen LogP contribution in [0.5, 0.6) is 5.75 Å². The minimum absolute atomic E-state index is 0.0676. The molecule has 2 fully saturated rings. The molecule has 6 heteroatoms. The van der Waals surface area contributed by atoms with Gasteiger partial charge in [0.1, 0.15) is 11.6 Å². The number of halogens is 1. The fourth-order valence-corrected chi connectivity index (χ4v) is 3.62. The molecule has 1 amide bonds. The molecule has 1 saturated heterocycles. The maximum absolute atomic E-state index is 13.1. The summed E-state index contributed by atoms with van der Waals surface area (Å²) in [5.41, 5.74) is 0. The Kier molecular flexibility index (Phi) is 5.68. The van der Waals surface area contributed by atoms with E-state index in [0.29, 0.717) is 25.3 Å². The Labute approximate surface area is 142 Å². The highest BCUT2D eigenvalue weighted by Gasteiger charge is 2.33. The third kappa shape index (κ3) is 4.24. The average Bonchev–Trinajstić information content (AvgIpc) is 3.01. The summed E-state index contributed by atoms with van der Waals surface area (Å²) in [6.07, 6.45) is 3.11. The van der Waals surface area contributed by atoms with Crippen LogP contribution in [0, 0.1) is 5.82 Å². The van der Waals surface area contributed by atoms with Gasteiger partial charge in [-0.25, -0.2) is 4.39 Å². The quantitative estimate of drug-likeness (QED) is 0.888. The van der Waals surface area contributed by atoms with Crippen molar-refractivity contribution in [1.82, 2.24) is 9.80 Å². The maximum atomic E-state index is 13.1. The predicted molar refractivity (Wildman–Crippen MR) is 88.3 cm³/mol. The van der Waals surface area contributed by atoms with Crippen LogP contribution in [-0.2, 0) is 4.79 Å². The van der Waals surface area contributed by atoms with E-state index in [0.717, 1.165) is 32.4 Å². The second-order valence-corrected chi connectivity index (χ2v) is 6.54. The number of carbonyl (C=O) groups is 1. The van der Waals surface area contributed by atoms with E-state index in [9.17, 15) is 14.3 Å². The summed E-state index contributed by atoms with van der Waals surface area (Å²) in [4.78, 5) is 16.4. The Morgan fingerprint density at radius 3 is 2.71 bits per heavy atom. The number of amides is 1. The van der Waals surface area contributed by atoms with Crippen molar-refractivity contribution < 1.29 is 19.0 Å². The number of hydrogen-bond acceptors (Lipinski definition) is 4. The van der Waals surface area contributed by atoms with Gasteiger partial charge in [-0.15, -0.1) is 0 Å². The number of ether oxygens (including phenoxy) is 1. The van der Waals surface area contributed by atoms with Crippen molar-refractivity contribution in [3.05, 3.63) is 30.1 Å². The topological polar surface area (TPSA) is 53.0 Å². The summed E-state index contributed by atoms with van der Waals surface area (Å²) in [5.74, 6) is 0.171. The molecule has 1 aromatic rings. The number of nitrogens with zero attached hydrogens (tertiary/aromatic N) is 2. The molecule has 0 spiro atoms. The van der Waals surface area contributed by atoms with E-state index in [4.69, 9.17) is 4.74 Å². The van der Waals surface area contributed by atoms with Gasteiger partial charge in [-0.05, 0) is 31.4 Å². The first-order valence-electron chi connectivity index (χ1n) is 8.72. The van der Waals surface area contributed by atoms with E-state index in [-0.39, 0.29) is 30.5 Å². The van der Waals surface area contributed by atoms with E-state index in [2.05, 4.69) is 4.90 Å². The highest BCUT2D eigenvalue weighted by Crippen LogP contribution is 2.25.